The van der Waals surface area contributed by atoms with E-state index in [1.165, 1.54) is 12.1 Å². The van der Waals surface area contributed by atoms with Gasteiger partial charge in [0, 0.05) is 17.5 Å². The number of amides is 1. The normalized spacial score (nSPS) is 20.2. The summed E-state index contributed by atoms with van der Waals surface area (Å²) in [7, 11) is -3.36. The molecular formula is C21H19NO7S. The minimum Gasteiger partial charge on any atom is -0.484 e. The van der Waals surface area contributed by atoms with Gasteiger partial charge in [0.15, 0.2) is 16.4 Å². The monoisotopic (exact) mass is 429 g/mol. The number of sulfone groups is 1. The van der Waals surface area contributed by atoms with E-state index in [1.807, 2.05) is 30.3 Å². The van der Waals surface area contributed by atoms with Gasteiger partial charge in [0.2, 0.25) is 0 Å². The SMILES string of the molecule is O=C(COc1ccc2c(-c3ccccc3)cc(=O)oc2c1)N[C@@H]1CS(=O)(=O)C[C@@H]1O. The highest BCUT2D eigenvalue weighted by molar-refractivity contribution is 7.91. The Morgan fingerprint density at radius 1 is 1.13 bits per heavy atom. The van der Waals surface area contributed by atoms with E-state index in [4.69, 9.17) is 9.15 Å². The number of hydrogen-bond donors (Lipinski definition) is 2. The molecule has 1 saturated heterocycles. The van der Waals surface area contributed by atoms with E-state index >= 15 is 0 Å². The Morgan fingerprint density at radius 2 is 1.90 bits per heavy atom. The Kier molecular flexibility index (Phi) is 5.31. The molecule has 0 spiro atoms. The van der Waals surface area contributed by atoms with Crippen molar-refractivity contribution < 1.29 is 27.5 Å². The van der Waals surface area contributed by atoms with Crippen molar-refractivity contribution in [2.45, 2.75) is 12.1 Å². The van der Waals surface area contributed by atoms with Crippen LogP contribution in [0.3, 0.4) is 0 Å². The molecule has 9 heteroatoms. The van der Waals surface area contributed by atoms with Crippen LogP contribution in [-0.4, -0.2) is 49.7 Å². The first kappa shape index (κ1) is 20.1. The lowest BCUT2D eigenvalue weighted by molar-refractivity contribution is -0.124. The van der Waals surface area contributed by atoms with Crippen molar-refractivity contribution in [1.82, 2.24) is 5.32 Å². The fourth-order valence-corrected chi connectivity index (χ4v) is 5.19. The number of fused-ring (bicyclic) bond motifs is 1. The van der Waals surface area contributed by atoms with E-state index in [1.54, 1.807) is 12.1 Å². The van der Waals surface area contributed by atoms with Crippen LogP contribution in [0.5, 0.6) is 5.75 Å². The second kappa shape index (κ2) is 7.92. The van der Waals surface area contributed by atoms with Gasteiger partial charge < -0.3 is 19.6 Å². The number of nitrogens with one attached hydrogen (secondary N) is 1. The van der Waals surface area contributed by atoms with Gasteiger partial charge in [0.05, 0.1) is 23.7 Å². The van der Waals surface area contributed by atoms with Crippen molar-refractivity contribution >= 4 is 26.7 Å². The van der Waals surface area contributed by atoms with E-state index in [-0.39, 0.29) is 18.1 Å². The molecule has 8 nitrogen and oxygen atoms in total. The number of rotatable bonds is 5. The molecular weight excluding hydrogens is 410 g/mol. The zero-order chi connectivity index (χ0) is 21.3. The molecule has 2 N–H and O–H groups in total. The van der Waals surface area contributed by atoms with Crippen LogP contribution >= 0.6 is 0 Å². The molecule has 4 rings (SSSR count). The molecule has 0 unspecified atom stereocenters. The lowest BCUT2D eigenvalue weighted by Gasteiger charge is -2.15. The fourth-order valence-electron chi connectivity index (χ4n) is 3.45. The van der Waals surface area contributed by atoms with Gasteiger partial charge in [-0.25, -0.2) is 13.2 Å². The predicted octanol–water partition coefficient (Wildman–Crippen LogP) is 1.11. The first-order chi connectivity index (χ1) is 14.3. The lowest BCUT2D eigenvalue weighted by Crippen LogP contribution is -2.44. The Morgan fingerprint density at radius 3 is 2.60 bits per heavy atom. The quantitative estimate of drug-likeness (QED) is 0.583. The Hall–Kier alpha value is -3.17. The van der Waals surface area contributed by atoms with Crippen LogP contribution in [0.25, 0.3) is 22.1 Å². The molecule has 1 fully saturated rings. The van der Waals surface area contributed by atoms with Gasteiger partial charge in [-0.15, -0.1) is 0 Å². The van der Waals surface area contributed by atoms with Crippen LogP contribution in [0.1, 0.15) is 0 Å². The number of aliphatic hydroxyl groups excluding tert-OH is 1. The zero-order valence-corrected chi connectivity index (χ0v) is 16.6. The standard InChI is InChI=1S/C21H19NO7S/c23-18-12-30(26,27)11-17(18)22-20(24)10-28-14-6-7-15-16(13-4-2-1-3-5-13)9-21(25)29-19(15)8-14/h1-9,17-18,23H,10-12H2,(H,22,24)/t17-,18+/m1/s1. The summed E-state index contributed by atoms with van der Waals surface area (Å²) in [5.41, 5.74) is 1.40. The second-order valence-electron chi connectivity index (χ2n) is 7.11. The van der Waals surface area contributed by atoms with Crippen molar-refractivity contribution in [2.75, 3.05) is 18.1 Å². The highest BCUT2D eigenvalue weighted by Gasteiger charge is 2.37. The number of benzene rings is 2. The van der Waals surface area contributed by atoms with Crippen LogP contribution in [0.15, 0.2) is 63.8 Å². The highest BCUT2D eigenvalue weighted by Crippen LogP contribution is 2.29. The van der Waals surface area contributed by atoms with Gasteiger partial charge in [0.25, 0.3) is 5.91 Å². The molecule has 3 aromatic rings. The van der Waals surface area contributed by atoms with Crippen LogP contribution in [0.4, 0.5) is 0 Å². The number of carbonyl (C=O) groups is 1. The molecule has 0 radical (unpaired) electrons. The minimum atomic E-state index is -3.36. The van der Waals surface area contributed by atoms with Crippen LogP contribution in [0, 0.1) is 0 Å². The molecule has 2 heterocycles. The summed E-state index contributed by atoms with van der Waals surface area (Å²) >= 11 is 0. The molecule has 1 aliphatic rings. The number of hydrogen-bond acceptors (Lipinski definition) is 7. The summed E-state index contributed by atoms with van der Waals surface area (Å²) in [4.78, 5) is 24.1. The van der Waals surface area contributed by atoms with E-state index < -0.39 is 33.5 Å². The molecule has 2 aromatic carbocycles. The summed E-state index contributed by atoms with van der Waals surface area (Å²) < 4.78 is 33.8. The number of aliphatic hydroxyl groups is 1. The summed E-state index contributed by atoms with van der Waals surface area (Å²) in [6, 6.07) is 14.9. The van der Waals surface area contributed by atoms with Crippen molar-refractivity contribution in [3.8, 4) is 16.9 Å². The topological polar surface area (TPSA) is 123 Å². The molecule has 1 aromatic heterocycles. The average Bonchev–Trinajstić information content (AvgIpc) is 2.97. The van der Waals surface area contributed by atoms with Gasteiger partial charge in [0.1, 0.15) is 11.3 Å². The summed E-state index contributed by atoms with van der Waals surface area (Å²) in [5.74, 6) is -0.920. The molecule has 30 heavy (non-hydrogen) atoms. The maximum atomic E-state index is 12.1. The lowest BCUT2D eigenvalue weighted by atomic mass is 10.0. The summed E-state index contributed by atoms with van der Waals surface area (Å²) in [6.07, 6.45) is -1.13. The minimum absolute atomic E-state index is 0.302. The third-order valence-electron chi connectivity index (χ3n) is 4.84. The molecule has 0 saturated carbocycles. The third kappa shape index (κ3) is 4.37. The maximum Gasteiger partial charge on any atom is 0.336 e. The first-order valence-corrected chi connectivity index (χ1v) is 11.1. The van der Waals surface area contributed by atoms with Crippen molar-refractivity contribution in [2.24, 2.45) is 0 Å². The van der Waals surface area contributed by atoms with Crippen LogP contribution in [-0.2, 0) is 14.6 Å². The smallest absolute Gasteiger partial charge is 0.336 e. The Bertz CT molecular complexity index is 1250. The van der Waals surface area contributed by atoms with Crippen LogP contribution < -0.4 is 15.7 Å². The molecule has 1 amide bonds. The molecule has 2 atom stereocenters. The second-order valence-corrected chi connectivity index (χ2v) is 9.26. The first-order valence-electron chi connectivity index (χ1n) is 9.25. The Labute approximate surface area is 172 Å². The zero-order valence-electron chi connectivity index (χ0n) is 15.8. The number of ether oxygens (including phenoxy) is 1. The number of carbonyl (C=O) groups excluding carboxylic acids is 1. The van der Waals surface area contributed by atoms with Crippen molar-refractivity contribution in [1.29, 1.82) is 0 Å². The van der Waals surface area contributed by atoms with E-state index in [9.17, 15) is 23.1 Å². The van der Waals surface area contributed by atoms with Gasteiger partial charge in [-0.2, -0.15) is 0 Å². The van der Waals surface area contributed by atoms with Crippen molar-refractivity contribution in [3.63, 3.8) is 0 Å². The molecule has 1 aliphatic heterocycles. The van der Waals surface area contributed by atoms with Crippen LogP contribution in [0.2, 0.25) is 0 Å². The highest BCUT2D eigenvalue weighted by atomic mass is 32.2. The maximum absolute atomic E-state index is 12.1. The van der Waals surface area contributed by atoms with Gasteiger partial charge >= 0.3 is 5.63 Å². The van der Waals surface area contributed by atoms with Gasteiger partial charge in [-0.1, -0.05) is 30.3 Å². The average molecular weight is 429 g/mol. The predicted molar refractivity (Wildman–Crippen MR) is 110 cm³/mol. The van der Waals surface area contributed by atoms with Gasteiger partial charge in [-0.3, -0.25) is 4.79 Å². The van der Waals surface area contributed by atoms with E-state index in [2.05, 4.69) is 5.32 Å². The third-order valence-corrected chi connectivity index (χ3v) is 6.56. The molecule has 0 aliphatic carbocycles. The van der Waals surface area contributed by atoms with E-state index in [0.29, 0.717) is 11.3 Å². The summed E-state index contributed by atoms with van der Waals surface area (Å²) in [6.45, 7) is -0.378. The fraction of sp³-hybridized carbons (Fsp3) is 0.238. The summed E-state index contributed by atoms with van der Waals surface area (Å²) in [5, 5.41) is 12.9. The largest absolute Gasteiger partial charge is 0.484 e. The molecule has 0 bridgehead atoms. The Balaban J connectivity index is 1.49. The van der Waals surface area contributed by atoms with E-state index in [0.717, 1.165) is 16.5 Å². The molecule has 156 valence electrons. The van der Waals surface area contributed by atoms with Gasteiger partial charge in [-0.05, 0) is 23.3 Å². The van der Waals surface area contributed by atoms with Crippen molar-refractivity contribution in [3.05, 3.63) is 65.0 Å².